The Morgan fingerprint density at radius 2 is 2.10 bits per heavy atom. The van der Waals surface area contributed by atoms with Gasteiger partial charge < -0.3 is 25.0 Å². The molecule has 0 radical (unpaired) electrons. The first-order chi connectivity index (χ1) is 14.6. The third-order valence-corrected chi connectivity index (χ3v) is 5.68. The molecule has 0 bridgehead atoms. The highest BCUT2D eigenvalue weighted by Gasteiger charge is 2.16. The molecule has 1 aliphatic heterocycles. The van der Waals surface area contributed by atoms with E-state index in [0.717, 1.165) is 37.7 Å². The van der Waals surface area contributed by atoms with Gasteiger partial charge in [0.05, 0.1) is 32.2 Å². The van der Waals surface area contributed by atoms with Crippen LogP contribution < -0.4 is 15.5 Å². The van der Waals surface area contributed by atoms with Crippen LogP contribution in [0.2, 0.25) is 5.02 Å². The number of thiophene rings is 1. The Hall–Kier alpha value is -2.88. The molecule has 10 heteroatoms. The number of hydrogen-bond acceptors (Lipinski definition) is 9. The van der Waals surface area contributed by atoms with Crippen molar-refractivity contribution in [3.63, 3.8) is 0 Å². The number of methoxy groups -OCH3 is 1. The van der Waals surface area contributed by atoms with E-state index in [2.05, 4.69) is 31.6 Å². The second-order valence-electron chi connectivity index (χ2n) is 6.44. The maximum absolute atomic E-state index is 11.9. The summed E-state index contributed by atoms with van der Waals surface area (Å²) < 4.78 is 10.2. The number of carbonyl (C=O) groups is 1. The lowest BCUT2D eigenvalue weighted by Crippen LogP contribution is -2.36. The van der Waals surface area contributed by atoms with Crippen molar-refractivity contribution in [2.45, 2.75) is 0 Å². The van der Waals surface area contributed by atoms with Crippen molar-refractivity contribution in [1.29, 1.82) is 0 Å². The predicted molar refractivity (Wildman–Crippen MR) is 119 cm³/mol. The van der Waals surface area contributed by atoms with Gasteiger partial charge in [0.15, 0.2) is 5.82 Å². The SMILES string of the molecule is COC(=O)c1sccc1Nc1nc(Nc2cccc(N3CCOCC3)c2)ncc1Cl. The Labute approximate surface area is 182 Å². The third kappa shape index (κ3) is 4.64. The molecule has 0 aliphatic carbocycles. The summed E-state index contributed by atoms with van der Waals surface area (Å²) >= 11 is 7.54. The number of morpholine rings is 1. The maximum Gasteiger partial charge on any atom is 0.350 e. The lowest BCUT2D eigenvalue weighted by atomic mass is 10.2. The summed E-state index contributed by atoms with van der Waals surface area (Å²) in [7, 11) is 1.34. The first-order valence-corrected chi connectivity index (χ1v) is 10.5. The second kappa shape index (κ2) is 9.29. The smallest absolute Gasteiger partial charge is 0.350 e. The molecule has 1 saturated heterocycles. The quantitative estimate of drug-likeness (QED) is 0.543. The van der Waals surface area contributed by atoms with E-state index in [-0.39, 0.29) is 0 Å². The summed E-state index contributed by atoms with van der Waals surface area (Å²) in [6.45, 7) is 3.17. The van der Waals surface area contributed by atoms with Crippen LogP contribution >= 0.6 is 22.9 Å². The van der Waals surface area contributed by atoms with Crippen LogP contribution in [0.15, 0.2) is 41.9 Å². The number of benzene rings is 1. The number of carbonyl (C=O) groups excluding carboxylic acids is 1. The van der Waals surface area contributed by atoms with E-state index in [0.29, 0.717) is 27.4 Å². The van der Waals surface area contributed by atoms with E-state index in [4.69, 9.17) is 21.1 Å². The Morgan fingerprint density at radius 3 is 2.90 bits per heavy atom. The van der Waals surface area contributed by atoms with Crippen LogP contribution in [0.25, 0.3) is 0 Å². The van der Waals surface area contributed by atoms with Crippen molar-refractivity contribution >= 4 is 57.7 Å². The minimum atomic E-state index is -0.420. The summed E-state index contributed by atoms with van der Waals surface area (Å²) in [5.41, 5.74) is 2.54. The van der Waals surface area contributed by atoms with Gasteiger partial charge in [-0.25, -0.2) is 9.78 Å². The van der Waals surface area contributed by atoms with Crippen LogP contribution in [0, 0.1) is 0 Å². The molecule has 156 valence electrons. The van der Waals surface area contributed by atoms with Crippen LogP contribution in [0.3, 0.4) is 0 Å². The number of anilines is 5. The highest BCUT2D eigenvalue weighted by atomic mass is 35.5. The molecule has 0 atom stereocenters. The number of nitrogens with zero attached hydrogens (tertiary/aromatic N) is 3. The Bertz CT molecular complexity index is 1040. The normalized spacial score (nSPS) is 13.7. The van der Waals surface area contributed by atoms with Gasteiger partial charge in [-0.3, -0.25) is 0 Å². The van der Waals surface area contributed by atoms with E-state index >= 15 is 0 Å². The van der Waals surface area contributed by atoms with E-state index in [1.165, 1.54) is 24.6 Å². The van der Waals surface area contributed by atoms with E-state index in [1.54, 1.807) is 11.4 Å². The summed E-state index contributed by atoms with van der Waals surface area (Å²) in [5, 5.41) is 8.43. The zero-order valence-corrected chi connectivity index (χ0v) is 17.8. The average Bonchev–Trinajstić information content (AvgIpc) is 3.24. The molecule has 3 aromatic rings. The van der Waals surface area contributed by atoms with Gasteiger partial charge in [0.2, 0.25) is 5.95 Å². The zero-order valence-electron chi connectivity index (χ0n) is 16.2. The van der Waals surface area contributed by atoms with Crippen LogP contribution in [-0.4, -0.2) is 49.4 Å². The van der Waals surface area contributed by atoms with E-state index in [1.807, 2.05) is 18.2 Å². The van der Waals surface area contributed by atoms with Crippen molar-refractivity contribution in [2.75, 3.05) is 48.9 Å². The molecule has 1 fully saturated rings. The summed E-state index contributed by atoms with van der Waals surface area (Å²) in [5.74, 6) is 0.355. The van der Waals surface area contributed by atoms with E-state index in [9.17, 15) is 4.79 Å². The van der Waals surface area contributed by atoms with Crippen LogP contribution in [0.4, 0.5) is 28.8 Å². The first kappa shape index (κ1) is 20.4. The van der Waals surface area contributed by atoms with Gasteiger partial charge >= 0.3 is 5.97 Å². The van der Waals surface area contributed by atoms with Crippen LogP contribution in [0.1, 0.15) is 9.67 Å². The lowest BCUT2D eigenvalue weighted by molar-refractivity contribution is 0.0607. The number of rotatable bonds is 6. The fourth-order valence-electron chi connectivity index (χ4n) is 3.03. The molecular formula is C20H20ClN5O3S. The summed E-state index contributed by atoms with van der Waals surface area (Å²) in [4.78, 5) is 23.3. The molecule has 2 aromatic heterocycles. The number of esters is 1. The number of aromatic nitrogens is 2. The molecule has 0 saturated carbocycles. The van der Waals surface area contributed by atoms with Gasteiger partial charge in [-0.1, -0.05) is 17.7 Å². The number of halogens is 1. The fraction of sp³-hybridized carbons (Fsp3) is 0.250. The molecule has 1 aliphatic rings. The highest BCUT2D eigenvalue weighted by molar-refractivity contribution is 7.12. The van der Waals surface area contributed by atoms with Gasteiger partial charge in [-0.2, -0.15) is 4.98 Å². The van der Waals surface area contributed by atoms with Crippen molar-refractivity contribution in [3.05, 3.63) is 51.8 Å². The van der Waals surface area contributed by atoms with Crippen LogP contribution in [0.5, 0.6) is 0 Å². The first-order valence-electron chi connectivity index (χ1n) is 9.29. The minimum absolute atomic E-state index is 0.338. The largest absolute Gasteiger partial charge is 0.465 e. The molecule has 0 amide bonds. The van der Waals surface area contributed by atoms with Crippen LogP contribution in [-0.2, 0) is 9.47 Å². The Balaban J connectivity index is 1.53. The minimum Gasteiger partial charge on any atom is -0.465 e. The van der Waals surface area contributed by atoms with Gasteiger partial charge in [0.1, 0.15) is 9.90 Å². The lowest BCUT2D eigenvalue weighted by Gasteiger charge is -2.29. The highest BCUT2D eigenvalue weighted by Crippen LogP contribution is 2.30. The molecule has 30 heavy (non-hydrogen) atoms. The molecule has 0 unspecified atom stereocenters. The molecule has 8 nitrogen and oxygen atoms in total. The molecule has 0 spiro atoms. The maximum atomic E-state index is 11.9. The Kier molecular flexibility index (Phi) is 6.32. The number of ether oxygens (including phenoxy) is 2. The average molecular weight is 446 g/mol. The fourth-order valence-corrected chi connectivity index (χ4v) is 3.94. The van der Waals surface area contributed by atoms with Crippen molar-refractivity contribution < 1.29 is 14.3 Å². The topological polar surface area (TPSA) is 88.6 Å². The number of hydrogen-bond donors (Lipinski definition) is 2. The molecule has 4 rings (SSSR count). The summed E-state index contributed by atoms with van der Waals surface area (Å²) in [6, 6.07) is 9.81. The molecule has 3 heterocycles. The van der Waals surface area contributed by atoms with Gasteiger partial charge in [0.25, 0.3) is 0 Å². The molecule has 1 aromatic carbocycles. The Morgan fingerprint density at radius 1 is 1.27 bits per heavy atom. The van der Waals surface area contributed by atoms with Gasteiger partial charge in [0, 0.05) is 24.5 Å². The van der Waals surface area contributed by atoms with E-state index < -0.39 is 5.97 Å². The zero-order chi connectivity index (χ0) is 20.9. The van der Waals surface area contributed by atoms with Crippen molar-refractivity contribution in [1.82, 2.24) is 9.97 Å². The second-order valence-corrected chi connectivity index (χ2v) is 7.77. The standard InChI is InChI=1S/C20H20ClN5O3S/c1-28-19(27)17-16(5-10-30-17)24-18-15(21)12-22-20(25-18)23-13-3-2-4-14(11-13)26-6-8-29-9-7-26/h2-5,10-12H,6-9H2,1H3,(H2,22,23,24,25). The molecule has 2 N–H and O–H groups in total. The van der Waals surface area contributed by atoms with Crippen molar-refractivity contribution in [2.24, 2.45) is 0 Å². The van der Waals surface area contributed by atoms with Gasteiger partial charge in [-0.05, 0) is 29.6 Å². The third-order valence-electron chi connectivity index (χ3n) is 4.51. The predicted octanol–water partition coefficient (Wildman–Crippen LogP) is 4.30. The summed E-state index contributed by atoms with van der Waals surface area (Å²) in [6.07, 6.45) is 1.51. The van der Waals surface area contributed by atoms with Crippen molar-refractivity contribution in [3.8, 4) is 0 Å². The number of nitrogens with one attached hydrogen (secondary N) is 2. The molecular weight excluding hydrogens is 426 g/mol. The monoisotopic (exact) mass is 445 g/mol. The van der Waals surface area contributed by atoms with Gasteiger partial charge in [-0.15, -0.1) is 11.3 Å².